The second kappa shape index (κ2) is 6.52. The topological polar surface area (TPSA) is 38.3 Å². The molecule has 0 saturated heterocycles. The highest BCUT2D eigenvalue weighted by molar-refractivity contribution is 9.10. The van der Waals surface area contributed by atoms with E-state index in [0.717, 1.165) is 11.3 Å². The Hall–Kier alpha value is -1.88. The minimum atomic E-state index is -0.459. The lowest BCUT2D eigenvalue weighted by molar-refractivity contribution is 0.0949. The van der Waals surface area contributed by atoms with Gasteiger partial charge in [-0.2, -0.15) is 0 Å². The second-order valence-electron chi connectivity index (χ2n) is 4.14. The molecule has 0 fully saturated rings. The van der Waals surface area contributed by atoms with Crippen molar-refractivity contribution in [3.63, 3.8) is 0 Å². The summed E-state index contributed by atoms with van der Waals surface area (Å²) in [5.74, 6) is -0.0677. The number of ether oxygens (including phenoxy) is 1. The lowest BCUT2D eigenvalue weighted by atomic mass is 10.2. The van der Waals surface area contributed by atoms with Gasteiger partial charge in [0.05, 0.1) is 17.1 Å². The molecule has 0 aliphatic carbocycles. The van der Waals surface area contributed by atoms with Crippen LogP contribution in [-0.4, -0.2) is 13.0 Å². The number of hydrogen-bond acceptors (Lipinski definition) is 2. The van der Waals surface area contributed by atoms with Gasteiger partial charge in [0, 0.05) is 6.54 Å². The third kappa shape index (κ3) is 3.36. The maximum Gasteiger partial charge on any atom is 0.252 e. The molecule has 0 spiro atoms. The van der Waals surface area contributed by atoms with Crippen LogP contribution in [0.1, 0.15) is 15.9 Å². The Morgan fingerprint density at radius 2 is 2.05 bits per heavy atom. The van der Waals surface area contributed by atoms with Gasteiger partial charge in [-0.25, -0.2) is 4.39 Å². The van der Waals surface area contributed by atoms with E-state index in [4.69, 9.17) is 4.74 Å². The van der Waals surface area contributed by atoms with Gasteiger partial charge in [-0.05, 0) is 45.8 Å². The molecule has 2 aromatic carbocycles. The van der Waals surface area contributed by atoms with Crippen molar-refractivity contribution in [2.75, 3.05) is 7.11 Å². The standard InChI is InChI=1S/C15H13BrFNO2/c1-20-11-5-2-4-10(8-11)9-18-15(19)12-6-3-7-13(17)14(12)16/h2-8H,9H2,1H3,(H,18,19). The minimum absolute atomic E-state index is 0.170. The summed E-state index contributed by atoms with van der Waals surface area (Å²) in [6.07, 6.45) is 0. The lowest BCUT2D eigenvalue weighted by Gasteiger charge is -2.08. The third-order valence-electron chi connectivity index (χ3n) is 2.78. The average Bonchev–Trinajstić information content (AvgIpc) is 2.48. The van der Waals surface area contributed by atoms with Crippen molar-refractivity contribution >= 4 is 21.8 Å². The number of halogens is 2. The van der Waals surface area contributed by atoms with Crippen molar-refractivity contribution in [2.24, 2.45) is 0 Å². The number of benzene rings is 2. The molecule has 3 nitrogen and oxygen atoms in total. The third-order valence-corrected chi connectivity index (χ3v) is 3.59. The van der Waals surface area contributed by atoms with Crippen LogP contribution in [0.2, 0.25) is 0 Å². The fourth-order valence-corrected chi connectivity index (χ4v) is 2.18. The van der Waals surface area contributed by atoms with Crippen LogP contribution < -0.4 is 10.1 Å². The highest BCUT2D eigenvalue weighted by Gasteiger charge is 2.12. The molecule has 20 heavy (non-hydrogen) atoms. The summed E-state index contributed by atoms with van der Waals surface area (Å²) in [5.41, 5.74) is 1.18. The summed E-state index contributed by atoms with van der Waals surface area (Å²) in [4.78, 5) is 12.0. The molecule has 2 aromatic rings. The van der Waals surface area contributed by atoms with Crippen molar-refractivity contribution in [3.05, 3.63) is 63.9 Å². The first kappa shape index (κ1) is 14.5. The molecular formula is C15H13BrFNO2. The van der Waals surface area contributed by atoms with Gasteiger partial charge in [0.2, 0.25) is 0 Å². The Bertz CT molecular complexity index is 631. The van der Waals surface area contributed by atoms with Crippen molar-refractivity contribution < 1.29 is 13.9 Å². The monoisotopic (exact) mass is 337 g/mol. The number of amides is 1. The van der Waals surface area contributed by atoms with Crippen LogP contribution in [0.4, 0.5) is 4.39 Å². The predicted octanol–water partition coefficient (Wildman–Crippen LogP) is 3.53. The van der Waals surface area contributed by atoms with Gasteiger partial charge in [-0.1, -0.05) is 18.2 Å². The molecule has 0 atom stereocenters. The van der Waals surface area contributed by atoms with Gasteiger partial charge in [0.15, 0.2) is 0 Å². The maximum atomic E-state index is 13.4. The minimum Gasteiger partial charge on any atom is -0.497 e. The summed E-state index contributed by atoms with van der Waals surface area (Å²) in [6, 6.07) is 11.7. The fourth-order valence-electron chi connectivity index (χ4n) is 1.74. The number of carbonyl (C=O) groups excluding carboxylic acids is 1. The molecule has 2 rings (SSSR count). The molecule has 0 saturated carbocycles. The first-order chi connectivity index (χ1) is 9.61. The second-order valence-corrected chi connectivity index (χ2v) is 4.93. The Balaban J connectivity index is 2.06. The molecule has 0 bridgehead atoms. The van der Waals surface area contributed by atoms with Crippen molar-refractivity contribution in [1.29, 1.82) is 0 Å². The van der Waals surface area contributed by atoms with Crippen LogP contribution in [0.3, 0.4) is 0 Å². The molecule has 5 heteroatoms. The summed E-state index contributed by atoms with van der Waals surface area (Å²) in [6.45, 7) is 0.346. The van der Waals surface area contributed by atoms with E-state index in [0.29, 0.717) is 6.54 Å². The normalized spacial score (nSPS) is 10.2. The highest BCUT2D eigenvalue weighted by atomic mass is 79.9. The van der Waals surface area contributed by atoms with E-state index in [9.17, 15) is 9.18 Å². The summed E-state index contributed by atoms with van der Waals surface area (Å²) < 4.78 is 18.6. The molecule has 1 N–H and O–H groups in total. The Labute approximate surface area is 124 Å². The number of methoxy groups -OCH3 is 1. The Morgan fingerprint density at radius 3 is 2.80 bits per heavy atom. The number of hydrogen-bond donors (Lipinski definition) is 1. The molecule has 0 radical (unpaired) electrons. The molecule has 104 valence electrons. The van der Waals surface area contributed by atoms with Crippen LogP contribution in [0.25, 0.3) is 0 Å². The lowest BCUT2D eigenvalue weighted by Crippen LogP contribution is -2.23. The molecule has 0 aliphatic rings. The molecule has 0 aliphatic heterocycles. The van der Waals surface area contributed by atoms with E-state index in [1.165, 1.54) is 12.1 Å². The largest absolute Gasteiger partial charge is 0.497 e. The number of carbonyl (C=O) groups is 1. The van der Waals surface area contributed by atoms with Gasteiger partial charge in [0.1, 0.15) is 11.6 Å². The van der Waals surface area contributed by atoms with E-state index < -0.39 is 5.82 Å². The first-order valence-corrected chi connectivity index (χ1v) is 6.76. The zero-order valence-electron chi connectivity index (χ0n) is 10.8. The Kier molecular flexibility index (Phi) is 4.74. The van der Waals surface area contributed by atoms with E-state index in [-0.39, 0.29) is 15.9 Å². The van der Waals surface area contributed by atoms with E-state index in [2.05, 4.69) is 21.2 Å². The maximum absolute atomic E-state index is 13.4. The SMILES string of the molecule is COc1cccc(CNC(=O)c2cccc(F)c2Br)c1. The van der Waals surface area contributed by atoms with Crippen LogP contribution in [0, 0.1) is 5.82 Å². The highest BCUT2D eigenvalue weighted by Crippen LogP contribution is 2.20. The zero-order valence-corrected chi connectivity index (χ0v) is 12.4. The van der Waals surface area contributed by atoms with Crippen LogP contribution in [0.5, 0.6) is 5.75 Å². The van der Waals surface area contributed by atoms with Crippen LogP contribution in [-0.2, 0) is 6.54 Å². The summed E-state index contributed by atoms with van der Waals surface area (Å²) in [7, 11) is 1.58. The molecule has 0 unspecified atom stereocenters. The van der Waals surface area contributed by atoms with Gasteiger partial charge >= 0.3 is 0 Å². The predicted molar refractivity (Wildman–Crippen MR) is 78.3 cm³/mol. The number of rotatable bonds is 4. The Morgan fingerprint density at radius 1 is 1.30 bits per heavy atom. The summed E-state index contributed by atoms with van der Waals surface area (Å²) in [5, 5.41) is 2.74. The zero-order chi connectivity index (χ0) is 14.5. The molecule has 0 heterocycles. The quantitative estimate of drug-likeness (QED) is 0.926. The van der Waals surface area contributed by atoms with E-state index in [1.54, 1.807) is 13.2 Å². The van der Waals surface area contributed by atoms with Crippen molar-refractivity contribution in [1.82, 2.24) is 5.32 Å². The van der Waals surface area contributed by atoms with E-state index in [1.807, 2.05) is 24.3 Å². The van der Waals surface area contributed by atoms with Gasteiger partial charge in [-0.15, -0.1) is 0 Å². The molecule has 0 aromatic heterocycles. The average molecular weight is 338 g/mol. The number of nitrogens with one attached hydrogen (secondary N) is 1. The van der Waals surface area contributed by atoms with Gasteiger partial charge in [-0.3, -0.25) is 4.79 Å². The fraction of sp³-hybridized carbons (Fsp3) is 0.133. The van der Waals surface area contributed by atoms with E-state index >= 15 is 0 Å². The molecule has 1 amide bonds. The smallest absolute Gasteiger partial charge is 0.252 e. The van der Waals surface area contributed by atoms with Crippen molar-refractivity contribution in [2.45, 2.75) is 6.54 Å². The first-order valence-electron chi connectivity index (χ1n) is 5.97. The van der Waals surface area contributed by atoms with Crippen LogP contribution >= 0.6 is 15.9 Å². The van der Waals surface area contributed by atoms with Crippen molar-refractivity contribution in [3.8, 4) is 5.75 Å². The van der Waals surface area contributed by atoms with Gasteiger partial charge in [0.25, 0.3) is 5.91 Å². The van der Waals surface area contributed by atoms with Gasteiger partial charge < -0.3 is 10.1 Å². The summed E-state index contributed by atoms with van der Waals surface area (Å²) >= 11 is 3.07. The molecular weight excluding hydrogens is 325 g/mol. The van der Waals surface area contributed by atoms with Crippen LogP contribution in [0.15, 0.2) is 46.9 Å².